The average Bonchev–Trinajstić information content (AvgIpc) is 2.63. The van der Waals surface area contributed by atoms with Crippen LogP contribution in [-0.2, 0) is 14.3 Å². The maximum Gasteiger partial charge on any atom is 0.334 e. The summed E-state index contributed by atoms with van der Waals surface area (Å²) in [5, 5.41) is 20.8. The Bertz CT molecular complexity index is 644. The first-order valence-corrected chi connectivity index (χ1v) is 9.86. The number of ether oxygens (including phenoxy) is 1. The van der Waals surface area contributed by atoms with Crippen molar-refractivity contribution in [3.8, 4) is 0 Å². The molecule has 0 aromatic rings. The van der Waals surface area contributed by atoms with E-state index in [1.54, 1.807) is 13.0 Å². The van der Waals surface area contributed by atoms with Crippen LogP contribution in [0.15, 0.2) is 23.8 Å². The van der Waals surface area contributed by atoms with Gasteiger partial charge >= 0.3 is 5.97 Å². The van der Waals surface area contributed by atoms with E-state index >= 15 is 0 Å². The van der Waals surface area contributed by atoms with Crippen LogP contribution in [0.5, 0.6) is 0 Å². The fourth-order valence-corrected chi connectivity index (χ4v) is 5.54. The molecule has 0 saturated heterocycles. The smallest absolute Gasteiger partial charge is 0.334 e. The number of hydrogen-bond acceptors (Lipinski definition) is 5. The predicted octanol–water partition coefficient (Wildman–Crippen LogP) is 3.02. The van der Waals surface area contributed by atoms with E-state index in [2.05, 4.69) is 13.5 Å². The molecule has 5 nitrogen and oxygen atoms in total. The van der Waals surface area contributed by atoms with Crippen molar-refractivity contribution in [2.45, 2.75) is 64.0 Å². The van der Waals surface area contributed by atoms with E-state index in [4.69, 9.17) is 16.3 Å². The van der Waals surface area contributed by atoms with Gasteiger partial charge in [0.25, 0.3) is 0 Å². The van der Waals surface area contributed by atoms with Gasteiger partial charge in [0.2, 0.25) is 0 Å². The van der Waals surface area contributed by atoms with Crippen LogP contribution in [0.1, 0.15) is 46.5 Å². The number of halogens is 1. The molecule has 6 heteroatoms. The molecule has 0 heterocycles. The zero-order valence-electron chi connectivity index (χ0n) is 16.6. The van der Waals surface area contributed by atoms with Crippen LogP contribution in [0.4, 0.5) is 0 Å². The van der Waals surface area contributed by atoms with Crippen molar-refractivity contribution in [1.29, 1.82) is 0 Å². The van der Waals surface area contributed by atoms with Gasteiger partial charge in [0.15, 0.2) is 0 Å². The summed E-state index contributed by atoms with van der Waals surface area (Å²) in [4.78, 5) is 24.2. The Kier molecular flexibility index (Phi) is 6.60. The van der Waals surface area contributed by atoms with E-state index < -0.39 is 34.9 Å². The van der Waals surface area contributed by atoms with Crippen LogP contribution in [0, 0.1) is 22.7 Å². The van der Waals surface area contributed by atoms with Crippen LogP contribution < -0.4 is 0 Å². The molecule has 1 fully saturated rings. The highest BCUT2D eigenvalue weighted by molar-refractivity contribution is 6.21. The van der Waals surface area contributed by atoms with Crippen molar-refractivity contribution in [3.05, 3.63) is 23.8 Å². The quantitative estimate of drug-likeness (QED) is 0.311. The number of hydrogen-bond donors (Lipinski definition) is 2. The topological polar surface area (TPSA) is 83.8 Å². The molecule has 2 N–H and O–H groups in total. The average molecular weight is 399 g/mol. The number of alkyl halides is 1. The number of fused-ring (bicyclic) bond motifs is 1. The molecule has 0 radical (unpaired) electrons. The summed E-state index contributed by atoms with van der Waals surface area (Å²) in [6, 6.07) is 0. The molecule has 27 heavy (non-hydrogen) atoms. The van der Waals surface area contributed by atoms with Gasteiger partial charge in [0.05, 0.1) is 25.2 Å². The molecule has 0 bridgehead atoms. The molecule has 0 aromatic heterocycles. The predicted molar refractivity (Wildman–Crippen MR) is 104 cm³/mol. The number of aliphatic hydroxyl groups excluding tert-OH is 2. The molecule has 1 saturated carbocycles. The van der Waals surface area contributed by atoms with E-state index in [0.29, 0.717) is 36.8 Å². The number of rotatable bonds is 6. The Hall–Kier alpha value is -1.17. The van der Waals surface area contributed by atoms with E-state index in [0.717, 1.165) is 6.29 Å². The third kappa shape index (κ3) is 3.62. The molecule has 0 aliphatic heterocycles. The van der Waals surface area contributed by atoms with Gasteiger partial charge in [-0.2, -0.15) is 0 Å². The van der Waals surface area contributed by atoms with Crippen molar-refractivity contribution >= 4 is 23.9 Å². The lowest BCUT2D eigenvalue weighted by atomic mass is 9.46. The van der Waals surface area contributed by atoms with E-state index in [9.17, 15) is 19.8 Å². The molecule has 7 unspecified atom stereocenters. The van der Waals surface area contributed by atoms with Crippen LogP contribution in [0.25, 0.3) is 0 Å². The van der Waals surface area contributed by atoms with Gasteiger partial charge in [0, 0.05) is 16.4 Å². The van der Waals surface area contributed by atoms with E-state index in [-0.39, 0.29) is 11.3 Å². The molecular weight excluding hydrogens is 368 g/mol. The number of esters is 1. The highest BCUT2D eigenvalue weighted by Crippen LogP contribution is 2.62. The Morgan fingerprint density at radius 1 is 1.52 bits per heavy atom. The number of allylic oxidation sites excluding steroid dienone is 1. The Morgan fingerprint density at radius 3 is 2.67 bits per heavy atom. The minimum Gasteiger partial charge on any atom is -0.466 e. The molecular formula is C21H31ClO5. The maximum absolute atomic E-state index is 12.2. The first-order valence-electron chi connectivity index (χ1n) is 9.43. The lowest BCUT2D eigenvalue weighted by Crippen LogP contribution is -2.61. The molecule has 0 amide bonds. The lowest BCUT2D eigenvalue weighted by molar-refractivity contribution is -0.153. The Morgan fingerprint density at radius 2 is 2.15 bits per heavy atom. The zero-order chi connectivity index (χ0) is 20.6. The molecule has 152 valence electrons. The summed E-state index contributed by atoms with van der Waals surface area (Å²) in [6.07, 6.45) is 3.07. The normalized spacial score (nSPS) is 39.7. The van der Waals surface area contributed by atoms with Gasteiger partial charge in [-0.1, -0.05) is 32.1 Å². The number of methoxy groups -OCH3 is 1. The van der Waals surface area contributed by atoms with Crippen molar-refractivity contribution in [3.63, 3.8) is 0 Å². The highest BCUT2D eigenvalue weighted by Gasteiger charge is 2.61. The monoisotopic (exact) mass is 398 g/mol. The largest absolute Gasteiger partial charge is 0.466 e. The van der Waals surface area contributed by atoms with Gasteiger partial charge in [-0.15, -0.1) is 11.6 Å². The van der Waals surface area contributed by atoms with Crippen LogP contribution in [0.3, 0.4) is 0 Å². The van der Waals surface area contributed by atoms with Gasteiger partial charge in [-0.25, -0.2) is 4.79 Å². The second kappa shape index (κ2) is 8.06. The minimum atomic E-state index is -0.825. The highest BCUT2D eigenvalue weighted by atomic mass is 35.5. The number of aliphatic hydroxyl groups is 2. The molecule has 0 spiro atoms. The summed E-state index contributed by atoms with van der Waals surface area (Å²) in [7, 11) is 1.29. The molecule has 7 atom stereocenters. The molecule has 2 aliphatic rings. The number of aldehydes is 1. The van der Waals surface area contributed by atoms with Gasteiger partial charge in [-0.3, -0.25) is 0 Å². The van der Waals surface area contributed by atoms with Crippen LogP contribution >= 0.6 is 11.6 Å². The fraction of sp³-hybridized carbons (Fsp3) is 0.714. The first kappa shape index (κ1) is 22.1. The second-order valence-electron chi connectivity index (χ2n) is 8.54. The Balaban J connectivity index is 2.46. The first-order chi connectivity index (χ1) is 12.5. The summed E-state index contributed by atoms with van der Waals surface area (Å²) >= 11 is 6.72. The standard InChI is InChI=1S/C21H31ClO5/c1-12(2)15(24)8-9-20(3)16-7-6-13(19(26)27-5)14(11-23)21(16,4)18(25)10-17(20)22/h6,11,14-18,24-25H,1,7-10H2,2-5H3. The van der Waals surface area contributed by atoms with Gasteiger partial charge < -0.3 is 19.7 Å². The second-order valence-corrected chi connectivity index (χ2v) is 9.07. The molecule has 2 aliphatic carbocycles. The van der Waals surface area contributed by atoms with E-state index in [1.807, 2.05) is 6.92 Å². The van der Waals surface area contributed by atoms with Gasteiger partial charge in [0.1, 0.15) is 6.29 Å². The molecule has 0 aromatic carbocycles. The lowest BCUT2D eigenvalue weighted by Gasteiger charge is -2.60. The summed E-state index contributed by atoms with van der Waals surface area (Å²) in [5.41, 5.74) is -0.229. The third-order valence-corrected chi connectivity index (χ3v) is 7.75. The fourth-order valence-electron chi connectivity index (χ4n) is 5.11. The summed E-state index contributed by atoms with van der Waals surface area (Å²) in [6.45, 7) is 9.52. The number of carbonyl (C=O) groups is 2. The summed E-state index contributed by atoms with van der Waals surface area (Å²) < 4.78 is 4.84. The SMILES string of the molecule is C=C(C)C(O)CCC1(C)C(Cl)CC(O)C2(C)C(C=O)C(C(=O)OC)=CCC12. The van der Waals surface area contributed by atoms with Crippen LogP contribution in [0.2, 0.25) is 0 Å². The van der Waals surface area contributed by atoms with Crippen molar-refractivity contribution in [1.82, 2.24) is 0 Å². The van der Waals surface area contributed by atoms with E-state index in [1.165, 1.54) is 7.11 Å². The zero-order valence-corrected chi connectivity index (χ0v) is 17.3. The third-order valence-electron chi connectivity index (χ3n) is 7.07. The maximum atomic E-state index is 12.2. The molecule has 2 rings (SSSR count). The van der Waals surface area contributed by atoms with Crippen molar-refractivity contribution < 1.29 is 24.5 Å². The van der Waals surface area contributed by atoms with Gasteiger partial charge in [-0.05, 0) is 43.9 Å². The van der Waals surface area contributed by atoms with Crippen molar-refractivity contribution in [2.24, 2.45) is 22.7 Å². The van der Waals surface area contributed by atoms with Crippen molar-refractivity contribution in [2.75, 3.05) is 7.11 Å². The summed E-state index contributed by atoms with van der Waals surface area (Å²) in [5.74, 6) is -1.41. The number of carbonyl (C=O) groups excluding carboxylic acids is 2. The Labute approximate surface area is 166 Å². The minimum absolute atomic E-state index is 0.114. The van der Waals surface area contributed by atoms with Crippen LogP contribution in [-0.4, -0.2) is 47.2 Å².